The number of benzene rings is 1. The highest BCUT2D eigenvalue weighted by atomic mass is 16.5. The third kappa shape index (κ3) is 3.33. The Bertz CT molecular complexity index is 586. The van der Waals surface area contributed by atoms with Gasteiger partial charge in [-0.3, -0.25) is 4.90 Å². The number of aromatic nitrogens is 1. The number of rotatable bonds is 5. The van der Waals surface area contributed by atoms with Crippen LogP contribution in [0.4, 0.5) is 0 Å². The standard InChI is InChI=1S/C14H15N3O2/c1-17(7-6-15)9-12-10-19-14(16-12)11-4-3-5-13(8-11)18-2/h3-5,8,10H,7,9H2,1-2H3. The van der Waals surface area contributed by atoms with Gasteiger partial charge in [0.1, 0.15) is 12.0 Å². The Hall–Kier alpha value is -2.32. The van der Waals surface area contributed by atoms with E-state index in [-0.39, 0.29) is 0 Å². The second-order valence-corrected chi connectivity index (χ2v) is 4.21. The van der Waals surface area contributed by atoms with Crippen LogP contribution in [0.3, 0.4) is 0 Å². The van der Waals surface area contributed by atoms with Gasteiger partial charge in [0.2, 0.25) is 5.89 Å². The van der Waals surface area contributed by atoms with Crippen LogP contribution in [0.1, 0.15) is 5.69 Å². The number of nitrogens with zero attached hydrogens (tertiary/aromatic N) is 3. The first kappa shape index (κ1) is 13.1. The van der Waals surface area contributed by atoms with Crippen molar-refractivity contribution in [2.24, 2.45) is 0 Å². The second-order valence-electron chi connectivity index (χ2n) is 4.21. The molecule has 0 aliphatic carbocycles. The number of hydrogen-bond donors (Lipinski definition) is 0. The molecule has 0 spiro atoms. The van der Waals surface area contributed by atoms with E-state index < -0.39 is 0 Å². The Morgan fingerprint density at radius 3 is 3.05 bits per heavy atom. The maximum atomic E-state index is 8.61. The van der Waals surface area contributed by atoms with Gasteiger partial charge in [-0.05, 0) is 25.2 Å². The average Bonchev–Trinajstić information content (AvgIpc) is 2.87. The van der Waals surface area contributed by atoms with Crippen LogP contribution in [0, 0.1) is 11.3 Å². The van der Waals surface area contributed by atoms with E-state index in [1.54, 1.807) is 13.4 Å². The van der Waals surface area contributed by atoms with Crippen molar-refractivity contribution in [2.75, 3.05) is 20.7 Å². The highest BCUT2D eigenvalue weighted by Crippen LogP contribution is 2.23. The molecule has 0 amide bonds. The lowest BCUT2D eigenvalue weighted by Crippen LogP contribution is -2.17. The van der Waals surface area contributed by atoms with Crippen LogP contribution < -0.4 is 4.74 Å². The maximum absolute atomic E-state index is 8.61. The summed E-state index contributed by atoms with van der Waals surface area (Å²) in [7, 11) is 3.49. The Morgan fingerprint density at radius 1 is 1.47 bits per heavy atom. The summed E-state index contributed by atoms with van der Waals surface area (Å²) in [5, 5.41) is 8.61. The van der Waals surface area contributed by atoms with Crippen LogP contribution >= 0.6 is 0 Å². The molecule has 0 saturated carbocycles. The van der Waals surface area contributed by atoms with Gasteiger partial charge in [-0.25, -0.2) is 4.98 Å². The fourth-order valence-corrected chi connectivity index (χ4v) is 1.72. The molecule has 0 radical (unpaired) electrons. The van der Waals surface area contributed by atoms with Crippen molar-refractivity contribution >= 4 is 0 Å². The van der Waals surface area contributed by atoms with Crippen LogP contribution in [-0.4, -0.2) is 30.6 Å². The van der Waals surface area contributed by atoms with Gasteiger partial charge in [-0.1, -0.05) is 6.07 Å². The minimum Gasteiger partial charge on any atom is -0.497 e. The van der Waals surface area contributed by atoms with Crippen molar-refractivity contribution < 1.29 is 9.15 Å². The number of methoxy groups -OCH3 is 1. The normalized spacial score (nSPS) is 10.4. The fraction of sp³-hybridized carbons (Fsp3) is 0.286. The minimum atomic E-state index is 0.362. The van der Waals surface area contributed by atoms with Crippen LogP contribution in [0.15, 0.2) is 34.9 Å². The molecule has 2 aromatic rings. The summed E-state index contributed by atoms with van der Waals surface area (Å²) in [6.45, 7) is 0.947. The Labute approximate surface area is 112 Å². The van der Waals surface area contributed by atoms with Gasteiger partial charge in [0.05, 0.1) is 25.4 Å². The summed E-state index contributed by atoms with van der Waals surface area (Å²) in [6.07, 6.45) is 1.61. The maximum Gasteiger partial charge on any atom is 0.226 e. The molecule has 0 fully saturated rings. The monoisotopic (exact) mass is 257 g/mol. The predicted molar refractivity (Wildman–Crippen MR) is 70.4 cm³/mol. The molecule has 0 bridgehead atoms. The minimum absolute atomic E-state index is 0.362. The summed E-state index contributed by atoms with van der Waals surface area (Å²) in [5.74, 6) is 1.32. The molecule has 1 aromatic carbocycles. The zero-order valence-electron chi connectivity index (χ0n) is 11.0. The van der Waals surface area contributed by atoms with E-state index in [0.717, 1.165) is 17.0 Å². The topological polar surface area (TPSA) is 62.3 Å². The molecule has 0 atom stereocenters. The number of nitriles is 1. The van der Waals surface area contributed by atoms with E-state index in [0.29, 0.717) is 19.0 Å². The average molecular weight is 257 g/mol. The van der Waals surface area contributed by atoms with Crippen molar-refractivity contribution in [3.63, 3.8) is 0 Å². The van der Waals surface area contributed by atoms with E-state index in [1.165, 1.54) is 0 Å². The van der Waals surface area contributed by atoms with Crippen LogP contribution in [0.25, 0.3) is 11.5 Å². The van der Waals surface area contributed by atoms with E-state index >= 15 is 0 Å². The van der Waals surface area contributed by atoms with E-state index in [4.69, 9.17) is 14.4 Å². The molecule has 19 heavy (non-hydrogen) atoms. The zero-order valence-corrected chi connectivity index (χ0v) is 11.0. The molecule has 2 rings (SSSR count). The van der Waals surface area contributed by atoms with Gasteiger partial charge in [-0.2, -0.15) is 5.26 Å². The third-order valence-electron chi connectivity index (χ3n) is 2.64. The summed E-state index contributed by atoms with van der Waals surface area (Å²) in [6, 6.07) is 9.63. The quantitative estimate of drug-likeness (QED) is 0.769. The molecule has 5 nitrogen and oxygen atoms in total. The van der Waals surface area contributed by atoms with E-state index in [1.807, 2.05) is 36.2 Å². The summed E-state index contributed by atoms with van der Waals surface area (Å²) >= 11 is 0. The summed E-state index contributed by atoms with van der Waals surface area (Å²) in [4.78, 5) is 6.27. The summed E-state index contributed by atoms with van der Waals surface area (Å²) < 4.78 is 10.6. The molecular formula is C14H15N3O2. The van der Waals surface area contributed by atoms with Crippen LogP contribution in [0.5, 0.6) is 5.75 Å². The first-order valence-corrected chi connectivity index (χ1v) is 5.87. The predicted octanol–water partition coefficient (Wildman–Crippen LogP) is 2.31. The molecule has 98 valence electrons. The smallest absolute Gasteiger partial charge is 0.226 e. The lowest BCUT2D eigenvalue weighted by Gasteiger charge is -2.08. The zero-order chi connectivity index (χ0) is 13.7. The van der Waals surface area contributed by atoms with Crippen molar-refractivity contribution in [1.29, 1.82) is 5.26 Å². The van der Waals surface area contributed by atoms with Gasteiger partial charge in [-0.15, -0.1) is 0 Å². The molecule has 0 unspecified atom stereocenters. The lowest BCUT2D eigenvalue weighted by molar-refractivity contribution is 0.362. The Morgan fingerprint density at radius 2 is 2.32 bits per heavy atom. The van der Waals surface area contributed by atoms with Gasteiger partial charge >= 0.3 is 0 Å². The van der Waals surface area contributed by atoms with Gasteiger partial charge in [0.25, 0.3) is 0 Å². The number of ether oxygens (including phenoxy) is 1. The first-order chi connectivity index (χ1) is 9.22. The summed E-state index contributed by atoms with van der Waals surface area (Å²) in [5.41, 5.74) is 1.67. The SMILES string of the molecule is COc1cccc(-c2nc(CN(C)CC#N)co2)c1. The molecular weight excluding hydrogens is 242 g/mol. The highest BCUT2D eigenvalue weighted by molar-refractivity contribution is 5.55. The molecule has 1 heterocycles. The van der Waals surface area contributed by atoms with Crippen molar-refractivity contribution in [3.05, 3.63) is 36.2 Å². The van der Waals surface area contributed by atoms with Gasteiger partial charge < -0.3 is 9.15 Å². The number of hydrogen-bond acceptors (Lipinski definition) is 5. The largest absolute Gasteiger partial charge is 0.497 e. The van der Waals surface area contributed by atoms with Crippen LogP contribution in [-0.2, 0) is 6.54 Å². The molecule has 5 heteroatoms. The van der Waals surface area contributed by atoms with Crippen molar-refractivity contribution in [3.8, 4) is 23.3 Å². The Balaban J connectivity index is 2.14. The van der Waals surface area contributed by atoms with Gasteiger partial charge in [0, 0.05) is 12.1 Å². The van der Waals surface area contributed by atoms with Gasteiger partial charge in [0.15, 0.2) is 0 Å². The third-order valence-corrected chi connectivity index (χ3v) is 2.64. The molecule has 0 N–H and O–H groups in total. The fourth-order valence-electron chi connectivity index (χ4n) is 1.72. The first-order valence-electron chi connectivity index (χ1n) is 5.87. The lowest BCUT2D eigenvalue weighted by atomic mass is 10.2. The van der Waals surface area contributed by atoms with E-state index in [2.05, 4.69) is 11.1 Å². The highest BCUT2D eigenvalue weighted by Gasteiger charge is 2.09. The molecule has 0 aliphatic heterocycles. The molecule has 1 aromatic heterocycles. The number of oxazole rings is 1. The second kappa shape index (κ2) is 6.03. The van der Waals surface area contributed by atoms with Crippen molar-refractivity contribution in [1.82, 2.24) is 9.88 Å². The van der Waals surface area contributed by atoms with Crippen molar-refractivity contribution in [2.45, 2.75) is 6.54 Å². The molecule has 0 saturated heterocycles. The Kier molecular flexibility index (Phi) is 4.16. The van der Waals surface area contributed by atoms with E-state index in [9.17, 15) is 0 Å². The molecule has 0 aliphatic rings. The van der Waals surface area contributed by atoms with Crippen LogP contribution in [0.2, 0.25) is 0 Å².